The average Bonchev–Trinajstić information content (AvgIpc) is 2.69. The van der Waals surface area contributed by atoms with E-state index in [1.807, 2.05) is 13.8 Å². The molecule has 1 aromatic carbocycles. The number of phenolic OH excluding ortho intramolecular Hbond substituents is 1. The molecule has 0 aromatic heterocycles. The smallest absolute Gasteiger partial charge is 0.410 e. The van der Waals surface area contributed by atoms with Gasteiger partial charge in [-0.15, -0.1) is 0 Å². The summed E-state index contributed by atoms with van der Waals surface area (Å²) in [6, 6.07) is 0.949. The molecule has 0 saturated carbocycles. The molecule has 32 heavy (non-hydrogen) atoms. The van der Waals surface area contributed by atoms with Crippen LogP contribution in [-0.2, 0) is 25.5 Å². The summed E-state index contributed by atoms with van der Waals surface area (Å²) in [5.74, 6) is -1.70. The van der Waals surface area contributed by atoms with Crippen LogP contribution in [0, 0.1) is 5.92 Å². The van der Waals surface area contributed by atoms with Gasteiger partial charge in [0, 0.05) is 13.5 Å². The molecule has 0 heterocycles. The van der Waals surface area contributed by atoms with E-state index in [1.54, 1.807) is 20.8 Å². The van der Waals surface area contributed by atoms with Crippen molar-refractivity contribution in [1.29, 1.82) is 0 Å². The van der Waals surface area contributed by atoms with E-state index >= 15 is 0 Å². The van der Waals surface area contributed by atoms with Crippen molar-refractivity contribution in [2.45, 2.75) is 65.1 Å². The molecule has 0 bridgehead atoms. The Labute approximate surface area is 199 Å². The van der Waals surface area contributed by atoms with Crippen molar-refractivity contribution >= 4 is 41.2 Å². The molecule has 10 heteroatoms. The van der Waals surface area contributed by atoms with Gasteiger partial charge >= 0.3 is 12.1 Å². The van der Waals surface area contributed by atoms with E-state index in [2.05, 4.69) is 5.32 Å². The number of carbonyl (C=O) groups excluding carboxylic acids is 3. The number of likely N-dealkylation sites (N-methyl/N-ethyl adjacent to an activating group) is 1. The Morgan fingerprint density at radius 2 is 1.72 bits per heavy atom. The van der Waals surface area contributed by atoms with Gasteiger partial charge in [0.05, 0.1) is 17.2 Å². The SMILES string of the molecule is CC[C@H](C)[C@@H](C(=O)N[C@H](Cc1cc(Cl)c(O)c(Cl)c1)C(=O)OC)N(C)C(=O)OC(C)(C)C. The number of phenols is 1. The second-order valence-corrected chi connectivity index (χ2v) is 9.43. The maximum absolute atomic E-state index is 13.2. The van der Waals surface area contributed by atoms with Gasteiger partial charge < -0.3 is 19.9 Å². The van der Waals surface area contributed by atoms with Crippen molar-refractivity contribution in [2.75, 3.05) is 14.2 Å². The summed E-state index contributed by atoms with van der Waals surface area (Å²) < 4.78 is 10.2. The van der Waals surface area contributed by atoms with E-state index in [-0.39, 0.29) is 28.1 Å². The largest absolute Gasteiger partial charge is 0.505 e. The number of rotatable bonds is 8. The molecule has 0 fully saturated rings. The first-order valence-electron chi connectivity index (χ1n) is 10.2. The molecule has 180 valence electrons. The highest BCUT2D eigenvalue weighted by atomic mass is 35.5. The van der Waals surface area contributed by atoms with Gasteiger partial charge in [0.25, 0.3) is 0 Å². The van der Waals surface area contributed by atoms with E-state index in [9.17, 15) is 19.5 Å². The summed E-state index contributed by atoms with van der Waals surface area (Å²) in [4.78, 5) is 39.4. The molecule has 2 N–H and O–H groups in total. The molecule has 1 rings (SSSR count). The molecule has 0 saturated heterocycles. The monoisotopic (exact) mass is 490 g/mol. The van der Waals surface area contributed by atoms with Crippen LogP contribution in [-0.4, -0.2) is 59.8 Å². The van der Waals surface area contributed by atoms with Crippen LogP contribution in [0.4, 0.5) is 4.79 Å². The number of methoxy groups -OCH3 is 1. The molecule has 1 aromatic rings. The fraction of sp³-hybridized carbons (Fsp3) is 0.591. The Morgan fingerprint density at radius 3 is 2.16 bits per heavy atom. The lowest BCUT2D eigenvalue weighted by Crippen LogP contribution is -2.55. The van der Waals surface area contributed by atoms with Crippen LogP contribution in [0.3, 0.4) is 0 Å². The zero-order valence-electron chi connectivity index (χ0n) is 19.5. The Balaban J connectivity index is 3.16. The third kappa shape index (κ3) is 7.74. The summed E-state index contributed by atoms with van der Waals surface area (Å²) in [6.07, 6.45) is -0.0246. The summed E-state index contributed by atoms with van der Waals surface area (Å²) in [5, 5.41) is 12.5. The summed E-state index contributed by atoms with van der Waals surface area (Å²) in [6.45, 7) is 8.93. The van der Waals surface area contributed by atoms with E-state index in [4.69, 9.17) is 32.7 Å². The molecule has 2 amide bonds. The first-order chi connectivity index (χ1) is 14.7. The zero-order chi connectivity index (χ0) is 24.8. The van der Waals surface area contributed by atoms with E-state index < -0.39 is 35.7 Å². The van der Waals surface area contributed by atoms with Crippen molar-refractivity contribution < 1.29 is 29.0 Å². The molecule has 0 aliphatic rings. The van der Waals surface area contributed by atoms with E-state index in [0.29, 0.717) is 12.0 Å². The summed E-state index contributed by atoms with van der Waals surface area (Å²) in [7, 11) is 2.69. The third-order valence-corrected chi connectivity index (χ3v) is 5.45. The van der Waals surface area contributed by atoms with Crippen LogP contribution >= 0.6 is 23.2 Å². The van der Waals surface area contributed by atoms with Gasteiger partial charge in [-0.05, 0) is 44.4 Å². The second kappa shape index (κ2) is 11.6. The van der Waals surface area contributed by atoms with Gasteiger partial charge in [-0.3, -0.25) is 9.69 Å². The van der Waals surface area contributed by atoms with Gasteiger partial charge in [0.1, 0.15) is 17.7 Å². The highest BCUT2D eigenvalue weighted by Crippen LogP contribution is 2.33. The minimum absolute atomic E-state index is 0.0154. The minimum Gasteiger partial charge on any atom is -0.505 e. The van der Waals surface area contributed by atoms with E-state index in [0.717, 1.165) is 0 Å². The summed E-state index contributed by atoms with van der Waals surface area (Å²) in [5.41, 5.74) is -0.220. The number of halogens is 2. The number of nitrogens with one attached hydrogen (secondary N) is 1. The maximum atomic E-state index is 13.2. The molecule has 8 nitrogen and oxygen atoms in total. The predicted molar refractivity (Wildman–Crippen MR) is 123 cm³/mol. The fourth-order valence-corrected chi connectivity index (χ4v) is 3.58. The number of aromatic hydroxyl groups is 1. The first-order valence-corrected chi connectivity index (χ1v) is 11.0. The molecule has 0 spiro atoms. The lowest BCUT2D eigenvalue weighted by Gasteiger charge is -2.33. The van der Waals surface area contributed by atoms with Crippen molar-refractivity contribution in [3.05, 3.63) is 27.7 Å². The highest BCUT2D eigenvalue weighted by Gasteiger charge is 2.36. The van der Waals surface area contributed by atoms with Crippen LogP contribution < -0.4 is 5.32 Å². The number of amides is 2. The van der Waals surface area contributed by atoms with Crippen LogP contribution in [0.1, 0.15) is 46.6 Å². The zero-order valence-corrected chi connectivity index (χ0v) is 21.0. The number of esters is 1. The number of ether oxygens (including phenoxy) is 2. The van der Waals surface area contributed by atoms with Crippen LogP contribution in [0.2, 0.25) is 10.0 Å². The Kier molecular flexibility index (Phi) is 10.1. The van der Waals surface area contributed by atoms with Gasteiger partial charge in [-0.1, -0.05) is 43.5 Å². The number of nitrogens with zero attached hydrogens (tertiary/aromatic N) is 1. The lowest BCUT2D eigenvalue weighted by molar-refractivity contribution is -0.145. The lowest BCUT2D eigenvalue weighted by atomic mass is 9.96. The number of hydrogen-bond acceptors (Lipinski definition) is 6. The van der Waals surface area contributed by atoms with Gasteiger partial charge in [0.15, 0.2) is 5.75 Å². The standard InChI is InChI=1S/C22H32Cl2N2O6/c1-8-12(2)17(26(6)21(30)32-22(3,4)5)19(28)25-16(20(29)31-7)11-13-9-14(23)18(27)15(24)10-13/h9-10,12,16-17,27H,8,11H2,1-7H3,(H,25,28)/t12-,16+,17-/m0/s1. The number of carbonyl (C=O) groups is 3. The molecule has 0 radical (unpaired) electrons. The van der Waals surface area contributed by atoms with Crippen LogP contribution in [0.25, 0.3) is 0 Å². The number of hydrogen-bond donors (Lipinski definition) is 2. The molecule has 0 aliphatic heterocycles. The van der Waals surface area contributed by atoms with Crippen molar-refractivity contribution in [2.24, 2.45) is 5.92 Å². The molecule has 0 aliphatic carbocycles. The summed E-state index contributed by atoms with van der Waals surface area (Å²) >= 11 is 11.9. The Morgan fingerprint density at radius 1 is 1.19 bits per heavy atom. The van der Waals surface area contributed by atoms with Crippen LogP contribution in [0.15, 0.2) is 12.1 Å². The fourth-order valence-electron chi connectivity index (χ4n) is 3.05. The quantitative estimate of drug-likeness (QED) is 0.529. The second-order valence-electron chi connectivity index (χ2n) is 8.62. The normalized spacial score (nSPS) is 14.2. The van der Waals surface area contributed by atoms with E-state index in [1.165, 1.54) is 31.2 Å². The third-order valence-electron chi connectivity index (χ3n) is 4.87. The predicted octanol–water partition coefficient (Wildman–Crippen LogP) is 4.18. The van der Waals surface area contributed by atoms with Crippen molar-refractivity contribution in [1.82, 2.24) is 10.2 Å². The Bertz CT molecular complexity index is 817. The average molecular weight is 491 g/mol. The topological polar surface area (TPSA) is 105 Å². The number of benzene rings is 1. The van der Waals surface area contributed by atoms with Gasteiger partial charge in [-0.2, -0.15) is 0 Å². The van der Waals surface area contributed by atoms with Gasteiger partial charge in [-0.25, -0.2) is 9.59 Å². The minimum atomic E-state index is -1.07. The first kappa shape index (κ1) is 27.8. The van der Waals surface area contributed by atoms with Crippen molar-refractivity contribution in [3.8, 4) is 5.75 Å². The van der Waals surface area contributed by atoms with Gasteiger partial charge in [0.2, 0.25) is 5.91 Å². The molecule has 3 atom stereocenters. The van der Waals surface area contributed by atoms with Crippen LogP contribution in [0.5, 0.6) is 5.75 Å². The maximum Gasteiger partial charge on any atom is 0.410 e. The molecular weight excluding hydrogens is 459 g/mol. The highest BCUT2D eigenvalue weighted by molar-refractivity contribution is 6.37. The molecular formula is C22H32Cl2N2O6. The Hall–Kier alpha value is -2.19. The van der Waals surface area contributed by atoms with Crippen molar-refractivity contribution in [3.63, 3.8) is 0 Å². The molecule has 0 unspecified atom stereocenters.